The van der Waals surface area contributed by atoms with Crippen molar-refractivity contribution in [3.63, 3.8) is 0 Å². The molecule has 0 aliphatic rings. The second-order valence-electron chi connectivity index (χ2n) is 0.507. The number of hydrogen-bond donors (Lipinski definition) is 0. The summed E-state index contributed by atoms with van der Waals surface area (Å²) >= 11 is 0. The highest BCUT2D eigenvalue weighted by atomic mass is 32.4. The van der Waals surface area contributed by atoms with Gasteiger partial charge in [-0.1, -0.05) is 17.9 Å². The minimum atomic E-state index is -0.459. The first-order chi connectivity index (χ1) is 2.27. The van der Waals surface area contributed by atoms with Crippen molar-refractivity contribution in [3.05, 3.63) is 0 Å². The first-order valence-corrected chi connectivity index (χ1v) is 5.54. The fourth-order valence-electron chi connectivity index (χ4n) is 0. The average Bonchev–Trinajstić information content (AvgIpc) is 1.38. The second kappa shape index (κ2) is 2.99. The van der Waals surface area contributed by atoms with E-state index < -0.39 is 7.30 Å². The van der Waals surface area contributed by atoms with Gasteiger partial charge in [-0.15, -0.1) is 0 Å². The lowest BCUT2D eigenvalue weighted by molar-refractivity contribution is 1.57. The molecule has 4 heteroatoms. The van der Waals surface area contributed by atoms with Crippen LogP contribution < -0.4 is 0 Å². The summed E-state index contributed by atoms with van der Waals surface area (Å²) in [7, 11) is 4.34. The maximum absolute atomic E-state index is 7.88. The molecule has 1 nitrogen and oxygen atoms in total. The monoisotopic (exact) mass is 123 g/mol. The Morgan fingerprint density at radius 3 is 1.80 bits per heavy atom. The van der Waals surface area contributed by atoms with Crippen LogP contribution in [0.5, 0.6) is 0 Å². The smallest absolute Gasteiger partial charge is 0.0955 e. The molecule has 0 saturated carbocycles. The SMILES string of the molecule is N#CP(P)P. The molecule has 0 bridgehead atoms. The van der Waals surface area contributed by atoms with E-state index in [1.807, 2.05) is 5.81 Å². The zero-order valence-electron chi connectivity index (χ0n) is 2.55. The molecule has 28 valence electrons. The molecule has 0 aliphatic carbocycles. The number of hydrogen-bond acceptors (Lipinski definition) is 1. The lowest BCUT2D eigenvalue weighted by Gasteiger charge is -1.76. The Balaban J connectivity index is 2.94. The van der Waals surface area contributed by atoms with Gasteiger partial charge in [-0.3, -0.25) is 0 Å². The lowest BCUT2D eigenvalue weighted by Crippen LogP contribution is -1.19. The normalized spacial score (nSPS) is 7.60. The largest absolute Gasteiger partial charge is 0.193 e. The van der Waals surface area contributed by atoms with Gasteiger partial charge in [0.25, 0.3) is 0 Å². The van der Waals surface area contributed by atoms with Crippen molar-refractivity contribution < 1.29 is 0 Å². The number of nitriles is 1. The van der Waals surface area contributed by atoms with Crippen molar-refractivity contribution in [1.29, 1.82) is 5.26 Å². The standard InChI is InChI=1S/CH4NP3/c2-1-5(3)4/h3-4H2. The Hall–Kier alpha value is 0.780. The molecule has 2 unspecified atom stereocenters. The van der Waals surface area contributed by atoms with Gasteiger partial charge in [-0.2, -0.15) is 5.26 Å². The summed E-state index contributed by atoms with van der Waals surface area (Å²) in [6.45, 7) is 0. The zero-order valence-corrected chi connectivity index (χ0v) is 5.75. The third kappa shape index (κ3) is 4.78. The molecule has 5 heavy (non-hydrogen) atoms. The van der Waals surface area contributed by atoms with Crippen LogP contribution in [0, 0.1) is 11.1 Å². The fourth-order valence-corrected chi connectivity index (χ4v) is 0. The third-order valence-electron chi connectivity index (χ3n) is 0.115. The highest BCUT2D eigenvalue weighted by molar-refractivity contribution is 8.45. The summed E-state index contributed by atoms with van der Waals surface area (Å²) in [4.78, 5) is 0. The Bertz CT molecular complexity index is 52.4. The minimum absolute atomic E-state index is 0.459. The molecule has 0 aromatic rings. The first kappa shape index (κ1) is 5.78. The van der Waals surface area contributed by atoms with Gasteiger partial charge in [0.2, 0.25) is 0 Å². The van der Waals surface area contributed by atoms with Gasteiger partial charge in [0, 0.05) is 7.30 Å². The summed E-state index contributed by atoms with van der Waals surface area (Å²) in [5, 5.41) is 7.88. The summed E-state index contributed by atoms with van der Waals surface area (Å²) in [5.74, 6) is 2.02. The first-order valence-electron chi connectivity index (χ1n) is 0.964. The second-order valence-corrected chi connectivity index (χ2v) is 6.65. The van der Waals surface area contributed by atoms with Gasteiger partial charge >= 0.3 is 0 Å². The van der Waals surface area contributed by atoms with E-state index in [0.29, 0.717) is 0 Å². The van der Waals surface area contributed by atoms with Crippen LogP contribution in [0.25, 0.3) is 0 Å². The maximum atomic E-state index is 7.88. The van der Waals surface area contributed by atoms with E-state index in [1.165, 1.54) is 0 Å². The van der Waals surface area contributed by atoms with Crippen LogP contribution in [0.3, 0.4) is 0 Å². The molecule has 0 fully saturated rings. The van der Waals surface area contributed by atoms with Gasteiger partial charge in [0.05, 0.1) is 5.81 Å². The van der Waals surface area contributed by atoms with Crippen molar-refractivity contribution in [3.8, 4) is 5.81 Å². The van der Waals surface area contributed by atoms with Crippen LogP contribution in [-0.4, -0.2) is 0 Å². The quantitative estimate of drug-likeness (QED) is 0.448. The van der Waals surface area contributed by atoms with Crippen LogP contribution in [0.2, 0.25) is 0 Å². The molecular formula is CH4NP3. The molecule has 0 spiro atoms. The van der Waals surface area contributed by atoms with Crippen LogP contribution in [-0.2, 0) is 0 Å². The average molecular weight is 123 g/mol. The van der Waals surface area contributed by atoms with E-state index in [0.717, 1.165) is 0 Å². The fraction of sp³-hybridized carbons (Fsp3) is 0. The van der Waals surface area contributed by atoms with E-state index in [1.54, 1.807) is 0 Å². The molecule has 0 rings (SSSR count). The molecule has 2 atom stereocenters. The maximum Gasteiger partial charge on any atom is 0.0955 e. The van der Waals surface area contributed by atoms with Crippen LogP contribution in [0.1, 0.15) is 0 Å². The van der Waals surface area contributed by atoms with E-state index >= 15 is 0 Å². The Kier molecular flexibility index (Phi) is 3.46. The van der Waals surface area contributed by atoms with E-state index in [9.17, 15) is 0 Å². The van der Waals surface area contributed by atoms with Gasteiger partial charge in [-0.05, 0) is 0 Å². The van der Waals surface area contributed by atoms with Gasteiger partial charge in [0.1, 0.15) is 0 Å². The molecule has 0 saturated heterocycles. The van der Waals surface area contributed by atoms with Crippen molar-refractivity contribution >= 4 is 25.2 Å². The van der Waals surface area contributed by atoms with Crippen LogP contribution >= 0.6 is 25.2 Å². The number of nitrogens with zero attached hydrogens (tertiary/aromatic N) is 1. The van der Waals surface area contributed by atoms with Gasteiger partial charge in [-0.25, -0.2) is 0 Å². The number of rotatable bonds is 0. The molecule has 0 aromatic carbocycles. The highest BCUT2D eigenvalue weighted by Gasteiger charge is 1.77. The minimum Gasteiger partial charge on any atom is -0.193 e. The Labute approximate surface area is 37.1 Å². The summed E-state index contributed by atoms with van der Waals surface area (Å²) < 4.78 is 0. The molecule has 0 heterocycles. The molecule has 0 aromatic heterocycles. The topological polar surface area (TPSA) is 23.8 Å². The molecule has 0 amide bonds. The Morgan fingerprint density at radius 1 is 1.60 bits per heavy atom. The highest BCUT2D eigenvalue weighted by Crippen LogP contribution is 2.50. The Morgan fingerprint density at radius 2 is 1.80 bits per heavy atom. The van der Waals surface area contributed by atoms with Gasteiger partial charge in [0.15, 0.2) is 0 Å². The summed E-state index contributed by atoms with van der Waals surface area (Å²) in [6.07, 6.45) is 0. The lowest BCUT2D eigenvalue weighted by atomic mass is 11.8. The summed E-state index contributed by atoms with van der Waals surface area (Å²) in [6, 6.07) is 0. The van der Waals surface area contributed by atoms with Gasteiger partial charge < -0.3 is 0 Å². The van der Waals surface area contributed by atoms with E-state index in [4.69, 9.17) is 5.26 Å². The third-order valence-corrected chi connectivity index (χ3v) is 1.04. The van der Waals surface area contributed by atoms with Crippen molar-refractivity contribution in [2.24, 2.45) is 0 Å². The van der Waals surface area contributed by atoms with Crippen LogP contribution in [0.4, 0.5) is 0 Å². The predicted molar refractivity (Wildman–Crippen MR) is 32.0 cm³/mol. The summed E-state index contributed by atoms with van der Waals surface area (Å²) in [5.41, 5.74) is 0. The molecule has 0 aliphatic heterocycles. The molecule has 0 N–H and O–H groups in total. The predicted octanol–water partition coefficient (Wildman–Crippen LogP) is 1.53. The van der Waals surface area contributed by atoms with Crippen molar-refractivity contribution in [2.45, 2.75) is 0 Å². The zero-order chi connectivity index (χ0) is 4.28. The van der Waals surface area contributed by atoms with Crippen molar-refractivity contribution in [1.82, 2.24) is 0 Å². The molecule has 0 radical (unpaired) electrons. The van der Waals surface area contributed by atoms with E-state index in [2.05, 4.69) is 17.9 Å². The van der Waals surface area contributed by atoms with E-state index in [-0.39, 0.29) is 0 Å². The van der Waals surface area contributed by atoms with Crippen LogP contribution in [0.15, 0.2) is 0 Å². The van der Waals surface area contributed by atoms with Crippen molar-refractivity contribution in [2.75, 3.05) is 0 Å². The molecular weight excluding hydrogens is 119 g/mol.